The van der Waals surface area contributed by atoms with E-state index in [1.807, 2.05) is 49.5 Å². The fourth-order valence-electron chi connectivity index (χ4n) is 4.18. The van der Waals surface area contributed by atoms with E-state index in [9.17, 15) is 0 Å². The van der Waals surface area contributed by atoms with Gasteiger partial charge in [-0.2, -0.15) is 0 Å². The highest BCUT2D eigenvalue weighted by molar-refractivity contribution is 14.0. The van der Waals surface area contributed by atoms with Crippen molar-refractivity contribution >= 4 is 29.9 Å². The van der Waals surface area contributed by atoms with Crippen molar-refractivity contribution in [2.45, 2.75) is 38.2 Å². The summed E-state index contributed by atoms with van der Waals surface area (Å²) in [5.41, 5.74) is 2.22. The van der Waals surface area contributed by atoms with Gasteiger partial charge in [-0.15, -0.1) is 24.0 Å². The van der Waals surface area contributed by atoms with Crippen molar-refractivity contribution in [3.8, 4) is 11.5 Å². The molecule has 0 spiro atoms. The lowest BCUT2D eigenvalue weighted by atomic mass is 10.1. The van der Waals surface area contributed by atoms with Crippen LogP contribution in [0.3, 0.4) is 0 Å². The van der Waals surface area contributed by atoms with Gasteiger partial charge >= 0.3 is 0 Å². The number of nitrogens with one attached hydrogen (secondary N) is 1. The summed E-state index contributed by atoms with van der Waals surface area (Å²) in [6.45, 7) is 4.28. The molecule has 180 valence electrons. The fourth-order valence-corrected chi connectivity index (χ4v) is 4.18. The third kappa shape index (κ3) is 6.97. The Bertz CT molecular complexity index is 890. The van der Waals surface area contributed by atoms with Crippen molar-refractivity contribution in [3.05, 3.63) is 59.7 Å². The van der Waals surface area contributed by atoms with E-state index in [1.54, 1.807) is 7.11 Å². The Morgan fingerprint density at radius 1 is 1.06 bits per heavy atom. The molecule has 2 saturated heterocycles. The monoisotopic (exact) mass is 567 g/mol. The van der Waals surface area contributed by atoms with Gasteiger partial charge in [-0.3, -0.25) is 4.99 Å². The zero-order chi connectivity index (χ0) is 22.2. The molecule has 2 aromatic carbocycles. The number of morpholine rings is 1. The first-order valence-electron chi connectivity index (χ1n) is 11.3. The van der Waals surface area contributed by atoms with E-state index in [4.69, 9.17) is 18.9 Å². The highest BCUT2D eigenvalue weighted by atomic mass is 127. The molecule has 33 heavy (non-hydrogen) atoms. The first kappa shape index (κ1) is 25.6. The number of halogens is 1. The highest BCUT2D eigenvalue weighted by Crippen LogP contribution is 2.29. The van der Waals surface area contributed by atoms with Crippen molar-refractivity contribution in [2.75, 3.05) is 40.5 Å². The molecular weight excluding hydrogens is 533 g/mol. The third-order valence-corrected chi connectivity index (χ3v) is 5.90. The van der Waals surface area contributed by atoms with Gasteiger partial charge in [0.2, 0.25) is 0 Å². The smallest absolute Gasteiger partial charge is 0.194 e. The second-order valence-electron chi connectivity index (χ2n) is 8.07. The van der Waals surface area contributed by atoms with E-state index < -0.39 is 0 Å². The van der Waals surface area contributed by atoms with Crippen molar-refractivity contribution in [1.29, 1.82) is 0 Å². The molecule has 1 N–H and O–H groups in total. The molecule has 4 rings (SSSR count). The Hall–Kier alpha value is -2.04. The number of guanidine groups is 1. The molecule has 2 unspecified atom stereocenters. The summed E-state index contributed by atoms with van der Waals surface area (Å²) in [6, 6.07) is 16.1. The zero-order valence-electron chi connectivity index (χ0n) is 19.4. The molecular formula is C25H34IN3O4. The Kier molecular flexibility index (Phi) is 10.1. The average Bonchev–Trinajstić information content (AvgIpc) is 3.39. The van der Waals surface area contributed by atoms with Gasteiger partial charge in [0.1, 0.15) is 12.7 Å². The zero-order valence-corrected chi connectivity index (χ0v) is 21.7. The number of hydrogen-bond donors (Lipinski definition) is 1. The molecule has 8 heteroatoms. The van der Waals surface area contributed by atoms with E-state index in [0.29, 0.717) is 19.8 Å². The minimum atomic E-state index is 0. The average molecular weight is 567 g/mol. The summed E-state index contributed by atoms with van der Waals surface area (Å²) in [5.74, 6) is 2.33. The van der Waals surface area contributed by atoms with Crippen LogP contribution >= 0.6 is 24.0 Å². The number of benzene rings is 2. The summed E-state index contributed by atoms with van der Waals surface area (Å²) in [4.78, 5) is 6.74. The minimum absolute atomic E-state index is 0. The number of ether oxygens (including phenoxy) is 4. The highest BCUT2D eigenvalue weighted by Gasteiger charge is 2.32. The van der Waals surface area contributed by atoms with E-state index in [1.165, 1.54) is 0 Å². The molecule has 0 radical (unpaired) electrons. The Morgan fingerprint density at radius 3 is 2.61 bits per heavy atom. The molecule has 0 aliphatic carbocycles. The molecule has 2 fully saturated rings. The van der Waals surface area contributed by atoms with Crippen LogP contribution < -0.4 is 14.8 Å². The van der Waals surface area contributed by atoms with Gasteiger partial charge < -0.3 is 29.2 Å². The first-order chi connectivity index (χ1) is 15.8. The van der Waals surface area contributed by atoms with Gasteiger partial charge in [0.25, 0.3) is 0 Å². The van der Waals surface area contributed by atoms with E-state index >= 15 is 0 Å². The number of aliphatic imine (C=N–C) groups is 1. The van der Waals surface area contributed by atoms with Gasteiger partial charge in [-0.1, -0.05) is 36.4 Å². The molecule has 2 aromatic rings. The van der Waals surface area contributed by atoms with Gasteiger partial charge in [0.05, 0.1) is 19.8 Å². The van der Waals surface area contributed by atoms with Crippen LogP contribution in [0.1, 0.15) is 24.0 Å². The lowest BCUT2D eigenvalue weighted by Crippen LogP contribution is -2.53. The largest absolute Gasteiger partial charge is 0.493 e. The maximum atomic E-state index is 5.97. The van der Waals surface area contributed by atoms with Crippen LogP contribution in [0.15, 0.2) is 53.5 Å². The second kappa shape index (κ2) is 13.0. The summed E-state index contributed by atoms with van der Waals surface area (Å²) in [7, 11) is 3.49. The number of nitrogens with zero attached hydrogens (tertiary/aromatic N) is 2. The number of rotatable bonds is 7. The maximum absolute atomic E-state index is 5.97. The topological polar surface area (TPSA) is 64.6 Å². The van der Waals surface area contributed by atoms with E-state index in [2.05, 4.69) is 21.3 Å². The minimum Gasteiger partial charge on any atom is -0.493 e. The number of methoxy groups -OCH3 is 1. The van der Waals surface area contributed by atoms with Crippen molar-refractivity contribution in [1.82, 2.24) is 10.2 Å². The predicted octanol–water partition coefficient (Wildman–Crippen LogP) is 3.85. The molecule has 2 atom stereocenters. The van der Waals surface area contributed by atoms with Crippen molar-refractivity contribution in [3.63, 3.8) is 0 Å². The predicted molar refractivity (Wildman–Crippen MR) is 140 cm³/mol. The van der Waals surface area contributed by atoms with E-state index in [0.717, 1.165) is 61.1 Å². The van der Waals surface area contributed by atoms with Crippen LogP contribution in [-0.4, -0.2) is 63.5 Å². The standard InChI is InChI=1S/C25H33N3O4.HI/c1-26-25(28-12-14-31-24(17-28)21-9-6-13-30-21)27-16-20-10-11-22(23(15-20)29-2)32-18-19-7-4-3-5-8-19;/h3-5,7-8,10-11,15,21,24H,6,9,12-14,16-18H2,1-2H3,(H,26,27);1H. The number of hydrogen-bond acceptors (Lipinski definition) is 5. The molecule has 7 nitrogen and oxygen atoms in total. The molecule has 2 heterocycles. The van der Waals surface area contributed by atoms with E-state index in [-0.39, 0.29) is 36.2 Å². The fraction of sp³-hybridized carbons (Fsp3) is 0.480. The quantitative estimate of drug-likeness (QED) is 0.312. The molecule has 0 amide bonds. The van der Waals surface area contributed by atoms with Crippen LogP contribution in [0.25, 0.3) is 0 Å². The first-order valence-corrected chi connectivity index (χ1v) is 11.3. The maximum Gasteiger partial charge on any atom is 0.194 e. The normalized spacial score (nSPS) is 20.8. The summed E-state index contributed by atoms with van der Waals surface area (Å²) in [6.07, 6.45) is 2.49. The van der Waals surface area contributed by atoms with Gasteiger partial charge in [-0.05, 0) is 36.1 Å². The summed E-state index contributed by atoms with van der Waals surface area (Å²) in [5, 5.41) is 3.48. The van der Waals surface area contributed by atoms with Crippen LogP contribution in [0.5, 0.6) is 11.5 Å². The van der Waals surface area contributed by atoms with Gasteiger partial charge in [0.15, 0.2) is 17.5 Å². The van der Waals surface area contributed by atoms with Crippen LogP contribution in [0.2, 0.25) is 0 Å². The van der Waals surface area contributed by atoms with Crippen LogP contribution in [-0.2, 0) is 22.6 Å². The third-order valence-electron chi connectivity index (χ3n) is 5.90. The van der Waals surface area contributed by atoms with Crippen LogP contribution in [0, 0.1) is 0 Å². The van der Waals surface area contributed by atoms with Gasteiger partial charge in [0, 0.05) is 33.3 Å². The molecule has 2 aliphatic rings. The summed E-state index contributed by atoms with van der Waals surface area (Å²) >= 11 is 0. The Labute approximate surface area is 213 Å². The van der Waals surface area contributed by atoms with Gasteiger partial charge in [-0.25, -0.2) is 0 Å². The second-order valence-corrected chi connectivity index (χ2v) is 8.07. The SMILES string of the molecule is CN=C(NCc1ccc(OCc2ccccc2)c(OC)c1)N1CCOC(C2CCCO2)C1.I. The molecule has 0 bridgehead atoms. The molecule has 2 aliphatic heterocycles. The Morgan fingerprint density at radius 2 is 1.88 bits per heavy atom. The lowest BCUT2D eigenvalue weighted by Gasteiger charge is -2.37. The Balaban J connectivity index is 0.00000306. The van der Waals surface area contributed by atoms with Crippen LogP contribution in [0.4, 0.5) is 0 Å². The molecule has 0 aromatic heterocycles. The van der Waals surface area contributed by atoms with Crippen molar-refractivity contribution in [2.24, 2.45) is 4.99 Å². The molecule has 0 saturated carbocycles. The summed E-state index contributed by atoms with van der Waals surface area (Å²) < 4.78 is 23.3. The lowest BCUT2D eigenvalue weighted by molar-refractivity contribution is -0.0817. The van der Waals surface area contributed by atoms with Crippen molar-refractivity contribution < 1.29 is 18.9 Å².